The number of piperazine rings is 1. The van der Waals surface area contributed by atoms with Gasteiger partial charge in [0.25, 0.3) is 0 Å². The van der Waals surface area contributed by atoms with Crippen LogP contribution in [-0.4, -0.2) is 59.6 Å². The molecule has 0 saturated carbocycles. The van der Waals surface area contributed by atoms with E-state index in [4.69, 9.17) is 4.52 Å². The fourth-order valence-electron chi connectivity index (χ4n) is 2.86. The van der Waals surface area contributed by atoms with Crippen molar-refractivity contribution in [1.29, 1.82) is 0 Å². The van der Waals surface area contributed by atoms with Crippen molar-refractivity contribution in [3.63, 3.8) is 0 Å². The van der Waals surface area contributed by atoms with E-state index in [-0.39, 0.29) is 5.91 Å². The van der Waals surface area contributed by atoms with Gasteiger partial charge in [-0.05, 0) is 27.7 Å². The lowest BCUT2D eigenvalue weighted by atomic mass is 9.99. The smallest absolute Gasteiger partial charge is 0.242 e. The van der Waals surface area contributed by atoms with Gasteiger partial charge in [-0.25, -0.2) is 0 Å². The van der Waals surface area contributed by atoms with Crippen LogP contribution in [-0.2, 0) is 11.3 Å². The first kappa shape index (κ1) is 16.0. The SMILES string of the molecule is Cc1noc(C)c1CN(C)C(=O)C(C)(C)N1CCNCC1. The van der Waals surface area contributed by atoms with Crippen molar-refractivity contribution in [2.45, 2.75) is 39.8 Å². The summed E-state index contributed by atoms with van der Waals surface area (Å²) in [6.45, 7) is 12.0. The molecule has 0 atom stereocenters. The van der Waals surface area contributed by atoms with Gasteiger partial charge in [-0.2, -0.15) is 0 Å². The highest BCUT2D eigenvalue weighted by Gasteiger charge is 2.37. The van der Waals surface area contributed by atoms with Crippen molar-refractivity contribution in [3.05, 3.63) is 17.0 Å². The Morgan fingerprint density at radius 3 is 2.52 bits per heavy atom. The predicted molar refractivity (Wildman–Crippen MR) is 81.0 cm³/mol. The maximum absolute atomic E-state index is 12.8. The number of rotatable bonds is 4. The number of hydrogen-bond donors (Lipinski definition) is 1. The van der Waals surface area contributed by atoms with Gasteiger partial charge >= 0.3 is 0 Å². The summed E-state index contributed by atoms with van der Waals surface area (Å²) < 4.78 is 5.17. The van der Waals surface area contributed by atoms with Crippen LogP contribution < -0.4 is 5.32 Å². The van der Waals surface area contributed by atoms with Crippen LogP contribution in [0.4, 0.5) is 0 Å². The van der Waals surface area contributed by atoms with Gasteiger partial charge in [-0.1, -0.05) is 5.16 Å². The summed E-state index contributed by atoms with van der Waals surface area (Å²) in [4.78, 5) is 16.8. The normalized spacial score (nSPS) is 17.0. The van der Waals surface area contributed by atoms with Crippen LogP contribution in [0.25, 0.3) is 0 Å². The second-order valence-corrected chi connectivity index (χ2v) is 6.26. The Morgan fingerprint density at radius 1 is 1.38 bits per heavy atom. The average Bonchev–Trinajstić information content (AvgIpc) is 2.79. The zero-order chi connectivity index (χ0) is 15.6. The molecule has 118 valence electrons. The number of amides is 1. The van der Waals surface area contributed by atoms with Gasteiger partial charge in [0.15, 0.2) is 0 Å². The molecule has 0 bridgehead atoms. The molecule has 1 aromatic heterocycles. The molecule has 0 radical (unpaired) electrons. The molecular formula is C15H26N4O2. The summed E-state index contributed by atoms with van der Waals surface area (Å²) in [5.41, 5.74) is 1.37. The van der Waals surface area contributed by atoms with Gasteiger partial charge in [0.2, 0.25) is 5.91 Å². The third-order valence-corrected chi connectivity index (χ3v) is 4.35. The second kappa shape index (κ2) is 6.15. The molecule has 0 aliphatic carbocycles. The first-order valence-corrected chi connectivity index (χ1v) is 7.47. The lowest BCUT2D eigenvalue weighted by Crippen LogP contribution is -2.60. The van der Waals surface area contributed by atoms with Gasteiger partial charge in [-0.15, -0.1) is 0 Å². The molecule has 1 amide bonds. The molecule has 6 heteroatoms. The van der Waals surface area contributed by atoms with Gasteiger partial charge in [0, 0.05) is 38.8 Å². The number of nitrogens with zero attached hydrogens (tertiary/aromatic N) is 3. The largest absolute Gasteiger partial charge is 0.361 e. The molecule has 1 saturated heterocycles. The Morgan fingerprint density at radius 2 is 2.00 bits per heavy atom. The highest BCUT2D eigenvalue weighted by molar-refractivity contribution is 5.85. The highest BCUT2D eigenvalue weighted by atomic mass is 16.5. The number of hydrogen-bond acceptors (Lipinski definition) is 5. The van der Waals surface area contributed by atoms with Gasteiger partial charge < -0.3 is 14.7 Å². The third-order valence-electron chi connectivity index (χ3n) is 4.35. The maximum atomic E-state index is 12.8. The van der Waals surface area contributed by atoms with Crippen molar-refractivity contribution in [3.8, 4) is 0 Å². The number of carbonyl (C=O) groups is 1. The van der Waals surface area contributed by atoms with Gasteiger partial charge in [-0.3, -0.25) is 9.69 Å². The maximum Gasteiger partial charge on any atom is 0.242 e. The standard InChI is InChI=1S/C15H26N4O2/c1-11-13(12(2)21-17-11)10-18(5)14(20)15(3,4)19-8-6-16-7-9-19/h16H,6-10H2,1-5H3. The lowest BCUT2D eigenvalue weighted by Gasteiger charge is -2.41. The monoisotopic (exact) mass is 294 g/mol. The molecule has 0 unspecified atom stereocenters. The fourth-order valence-corrected chi connectivity index (χ4v) is 2.86. The second-order valence-electron chi connectivity index (χ2n) is 6.26. The van der Waals surface area contributed by atoms with E-state index in [0.717, 1.165) is 43.2 Å². The van der Waals surface area contributed by atoms with E-state index in [1.54, 1.807) is 4.90 Å². The first-order chi connectivity index (χ1) is 9.84. The summed E-state index contributed by atoms with van der Waals surface area (Å²) in [5, 5.41) is 7.27. The molecule has 21 heavy (non-hydrogen) atoms. The molecule has 0 aromatic carbocycles. The minimum absolute atomic E-state index is 0.129. The Bertz CT molecular complexity index is 484. The molecule has 6 nitrogen and oxygen atoms in total. The van der Waals surface area contributed by atoms with Crippen LogP contribution in [0.1, 0.15) is 30.9 Å². The average molecular weight is 294 g/mol. The van der Waals surface area contributed by atoms with Crippen molar-refractivity contribution < 1.29 is 9.32 Å². The number of nitrogens with one attached hydrogen (secondary N) is 1. The Labute approximate surface area is 126 Å². The van der Waals surface area contributed by atoms with Crippen LogP contribution in [0.5, 0.6) is 0 Å². The van der Waals surface area contributed by atoms with Crippen molar-refractivity contribution in [1.82, 2.24) is 20.3 Å². The van der Waals surface area contributed by atoms with Crippen LogP contribution in [0.15, 0.2) is 4.52 Å². The molecule has 1 aromatic rings. The predicted octanol–water partition coefficient (Wildman–Crippen LogP) is 0.934. The van der Waals surface area contributed by atoms with E-state index in [1.807, 2.05) is 34.7 Å². The summed E-state index contributed by atoms with van der Waals surface area (Å²) in [7, 11) is 1.85. The van der Waals surface area contributed by atoms with Crippen molar-refractivity contribution in [2.75, 3.05) is 33.2 Å². The molecule has 1 fully saturated rings. The minimum atomic E-state index is -0.490. The van der Waals surface area contributed by atoms with E-state index in [1.165, 1.54) is 0 Å². The van der Waals surface area contributed by atoms with Crippen LogP contribution in [0, 0.1) is 13.8 Å². The molecule has 1 aliphatic rings. The number of aromatic nitrogens is 1. The molecule has 2 heterocycles. The molecular weight excluding hydrogens is 268 g/mol. The summed E-state index contributed by atoms with van der Waals surface area (Å²) in [5.74, 6) is 0.913. The quantitative estimate of drug-likeness (QED) is 0.895. The van der Waals surface area contributed by atoms with Gasteiger partial charge in [0.05, 0.1) is 17.8 Å². The zero-order valence-electron chi connectivity index (χ0n) is 13.7. The fraction of sp³-hybridized carbons (Fsp3) is 0.733. The summed E-state index contributed by atoms with van der Waals surface area (Å²) in [6.07, 6.45) is 0. The van der Waals surface area contributed by atoms with E-state index in [0.29, 0.717) is 6.54 Å². The molecule has 2 rings (SSSR count). The molecule has 1 N–H and O–H groups in total. The topological polar surface area (TPSA) is 61.6 Å². The Balaban J connectivity index is 2.07. The first-order valence-electron chi connectivity index (χ1n) is 7.47. The molecule has 0 spiro atoms. The van der Waals surface area contributed by atoms with E-state index >= 15 is 0 Å². The third kappa shape index (κ3) is 3.27. The minimum Gasteiger partial charge on any atom is -0.361 e. The van der Waals surface area contributed by atoms with E-state index in [9.17, 15) is 4.79 Å². The van der Waals surface area contributed by atoms with Crippen LogP contribution in [0.3, 0.4) is 0 Å². The number of aryl methyl sites for hydroxylation is 2. The highest BCUT2D eigenvalue weighted by Crippen LogP contribution is 2.21. The van der Waals surface area contributed by atoms with Crippen LogP contribution >= 0.6 is 0 Å². The van der Waals surface area contributed by atoms with Crippen LogP contribution in [0.2, 0.25) is 0 Å². The van der Waals surface area contributed by atoms with Crippen molar-refractivity contribution >= 4 is 5.91 Å². The summed E-state index contributed by atoms with van der Waals surface area (Å²) >= 11 is 0. The Hall–Kier alpha value is -1.40. The summed E-state index contributed by atoms with van der Waals surface area (Å²) in [6, 6.07) is 0. The van der Waals surface area contributed by atoms with E-state index in [2.05, 4.69) is 15.4 Å². The Kier molecular flexibility index (Phi) is 4.68. The lowest BCUT2D eigenvalue weighted by molar-refractivity contribution is -0.142. The van der Waals surface area contributed by atoms with Crippen molar-refractivity contribution in [2.24, 2.45) is 0 Å². The molecule has 1 aliphatic heterocycles. The number of likely N-dealkylation sites (N-methyl/N-ethyl adjacent to an activating group) is 1. The van der Waals surface area contributed by atoms with E-state index < -0.39 is 5.54 Å². The van der Waals surface area contributed by atoms with Gasteiger partial charge in [0.1, 0.15) is 5.76 Å². The number of carbonyl (C=O) groups excluding carboxylic acids is 1. The zero-order valence-corrected chi connectivity index (χ0v) is 13.7.